The normalized spacial score (nSPS) is 18.7. The van der Waals surface area contributed by atoms with Crippen LogP contribution in [0.4, 0.5) is 4.79 Å². The van der Waals surface area contributed by atoms with E-state index in [1.165, 1.54) is 0 Å². The number of aromatic nitrogens is 1. The molecule has 0 spiro atoms. The topological polar surface area (TPSA) is 109 Å². The van der Waals surface area contributed by atoms with Gasteiger partial charge in [-0.05, 0) is 33.3 Å². The van der Waals surface area contributed by atoms with E-state index < -0.39 is 35.8 Å². The molecule has 2 heterocycles. The number of carbonyl (C=O) groups is 4. The van der Waals surface area contributed by atoms with Gasteiger partial charge in [-0.25, -0.2) is 9.59 Å². The van der Waals surface area contributed by atoms with Crippen LogP contribution in [-0.4, -0.2) is 46.7 Å². The number of ketones is 1. The highest BCUT2D eigenvalue weighted by Crippen LogP contribution is 2.29. The van der Waals surface area contributed by atoms with Crippen LogP contribution >= 0.6 is 0 Å². The number of esters is 1. The predicted octanol–water partition coefficient (Wildman–Crippen LogP) is 2.46. The number of H-pyrrole nitrogens is 1. The first-order valence-electron chi connectivity index (χ1n) is 9.29. The molecular weight excluding hydrogens is 374 g/mol. The Morgan fingerprint density at radius 1 is 1.07 bits per heavy atom. The number of imide groups is 1. The van der Waals surface area contributed by atoms with E-state index in [9.17, 15) is 19.2 Å². The average Bonchev–Trinajstić information content (AvgIpc) is 3.10. The van der Waals surface area contributed by atoms with Gasteiger partial charge in [-0.15, -0.1) is 0 Å². The van der Waals surface area contributed by atoms with Gasteiger partial charge >= 0.3 is 12.0 Å². The molecule has 1 aliphatic heterocycles. The number of aromatic amines is 1. The lowest BCUT2D eigenvalue weighted by molar-refractivity contribution is -0.130. The maximum Gasteiger partial charge on any atom is 0.340 e. The van der Waals surface area contributed by atoms with Crippen LogP contribution < -0.4 is 5.32 Å². The van der Waals surface area contributed by atoms with Crippen molar-refractivity contribution < 1.29 is 23.9 Å². The minimum atomic E-state index is -1.26. The molecule has 0 radical (unpaired) electrons. The molecule has 152 valence electrons. The van der Waals surface area contributed by atoms with Crippen LogP contribution in [0.3, 0.4) is 0 Å². The van der Waals surface area contributed by atoms with E-state index in [1.807, 2.05) is 6.07 Å². The number of aryl methyl sites for hydroxylation is 2. The van der Waals surface area contributed by atoms with Crippen molar-refractivity contribution in [3.05, 3.63) is 58.4 Å². The van der Waals surface area contributed by atoms with Crippen LogP contribution in [-0.2, 0) is 15.1 Å². The Morgan fingerprint density at radius 3 is 2.31 bits per heavy atom. The van der Waals surface area contributed by atoms with Gasteiger partial charge < -0.3 is 15.0 Å². The second-order valence-corrected chi connectivity index (χ2v) is 7.08. The first kappa shape index (κ1) is 20.3. The maximum absolute atomic E-state index is 13.0. The van der Waals surface area contributed by atoms with Gasteiger partial charge in [0.15, 0.2) is 5.78 Å². The fraction of sp³-hybridized carbons (Fsp3) is 0.333. The molecule has 1 atom stereocenters. The Hall–Kier alpha value is -3.42. The highest BCUT2D eigenvalue weighted by molar-refractivity contribution is 6.14. The molecule has 0 bridgehead atoms. The van der Waals surface area contributed by atoms with E-state index in [1.54, 1.807) is 52.0 Å². The van der Waals surface area contributed by atoms with Crippen molar-refractivity contribution in [2.45, 2.75) is 33.2 Å². The van der Waals surface area contributed by atoms with Gasteiger partial charge in [0, 0.05) is 11.4 Å². The van der Waals surface area contributed by atoms with Crippen LogP contribution in [0.1, 0.15) is 51.5 Å². The molecular formula is C21H23N3O5. The summed E-state index contributed by atoms with van der Waals surface area (Å²) < 4.78 is 5.05. The smallest absolute Gasteiger partial charge is 0.340 e. The van der Waals surface area contributed by atoms with Crippen molar-refractivity contribution >= 4 is 23.7 Å². The second kappa shape index (κ2) is 7.54. The van der Waals surface area contributed by atoms with E-state index in [0.717, 1.165) is 4.90 Å². The van der Waals surface area contributed by atoms with Crippen LogP contribution in [0.15, 0.2) is 30.3 Å². The summed E-state index contributed by atoms with van der Waals surface area (Å²) in [4.78, 5) is 54.6. The van der Waals surface area contributed by atoms with Gasteiger partial charge in [0.2, 0.25) is 0 Å². The summed E-state index contributed by atoms with van der Waals surface area (Å²) in [7, 11) is 0. The average molecular weight is 397 g/mol. The molecule has 2 N–H and O–H groups in total. The molecule has 2 aromatic rings. The summed E-state index contributed by atoms with van der Waals surface area (Å²) in [6.07, 6.45) is 0. The number of nitrogens with one attached hydrogen (secondary N) is 2. The molecule has 0 saturated carbocycles. The summed E-state index contributed by atoms with van der Waals surface area (Å²) in [5.74, 6) is -1.66. The fourth-order valence-electron chi connectivity index (χ4n) is 3.62. The van der Waals surface area contributed by atoms with Crippen LogP contribution in [0.25, 0.3) is 0 Å². The Labute approximate surface area is 168 Å². The summed E-state index contributed by atoms with van der Waals surface area (Å²) >= 11 is 0. The molecule has 3 rings (SSSR count). The van der Waals surface area contributed by atoms with Crippen LogP contribution in [0, 0.1) is 13.8 Å². The molecule has 29 heavy (non-hydrogen) atoms. The maximum atomic E-state index is 13.0. The summed E-state index contributed by atoms with van der Waals surface area (Å²) in [5, 5.41) is 2.67. The van der Waals surface area contributed by atoms with Gasteiger partial charge in [-0.2, -0.15) is 0 Å². The molecule has 1 fully saturated rings. The van der Waals surface area contributed by atoms with Crippen molar-refractivity contribution in [3.8, 4) is 0 Å². The number of benzene rings is 1. The quantitative estimate of drug-likeness (QED) is 0.442. The van der Waals surface area contributed by atoms with Gasteiger partial charge in [0.05, 0.1) is 24.3 Å². The van der Waals surface area contributed by atoms with Crippen molar-refractivity contribution in [1.82, 2.24) is 15.2 Å². The van der Waals surface area contributed by atoms with Crippen molar-refractivity contribution in [2.75, 3.05) is 13.2 Å². The number of nitrogens with zero attached hydrogens (tertiary/aromatic N) is 1. The lowest BCUT2D eigenvalue weighted by Gasteiger charge is -2.22. The monoisotopic (exact) mass is 397 g/mol. The number of amides is 3. The standard InChI is InChI=1S/C21H23N3O5/c1-5-29-18(26)17-13(3)22-12(2)16(17)15(25)11-24-19(27)21(4,23-20(24)28)14-9-7-6-8-10-14/h6-10,22H,5,11H2,1-4H3,(H,23,28)/t21-/m0/s1. The third-order valence-electron chi connectivity index (χ3n) is 5.06. The first-order chi connectivity index (χ1) is 13.7. The molecule has 1 aromatic heterocycles. The number of urea groups is 1. The van der Waals surface area contributed by atoms with E-state index in [0.29, 0.717) is 17.0 Å². The second-order valence-electron chi connectivity index (χ2n) is 7.08. The van der Waals surface area contributed by atoms with Gasteiger partial charge in [0.1, 0.15) is 5.54 Å². The molecule has 0 aliphatic carbocycles. The van der Waals surface area contributed by atoms with Crippen LogP contribution in [0.2, 0.25) is 0 Å². The molecule has 1 aromatic carbocycles. The zero-order valence-corrected chi connectivity index (χ0v) is 16.8. The highest BCUT2D eigenvalue weighted by atomic mass is 16.5. The SMILES string of the molecule is CCOC(=O)c1c(C)[nH]c(C)c1C(=O)CN1C(=O)N[C@@](C)(c2ccccc2)C1=O. The molecule has 8 heteroatoms. The third-order valence-corrected chi connectivity index (χ3v) is 5.06. The van der Waals surface area contributed by atoms with Crippen LogP contribution in [0.5, 0.6) is 0 Å². The Morgan fingerprint density at radius 2 is 1.69 bits per heavy atom. The van der Waals surface area contributed by atoms with E-state index >= 15 is 0 Å². The predicted molar refractivity (Wildman–Crippen MR) is 105 cm³/mol. The Kier molecular flexibility index (Phi) is 5.28. The fourth-order valence-corrected chi connectivity index (χ4v) is 3.62. The van der Waals surface area contributed by atoms with Gasteiger partial charge in [-0.1, -0.05) is 30.3 Å². The van der Waals surface area contributed by atoms with Gasteiger partial charge in [0.25, 0.3) is 5.91 Å². The molecule has 1 aliphatic rings. The zero-order valence-electron chi connectivity index (χ0n) is 16.8. The molecule has 1 saturated heterocycles. The minimum Gasteiger partial charge on any atom is -0.462 e. The highest BCUT2D eigenvalue weighted by Gasteiger charge is 2.49. The number of rotatable bonds is 6. The third kappa shape index (κ3) is 3.41. The van der Waals surface area contributed by atoms with Gasteiger partial charge in [-0.3, -0.25) is 14.5 Å². The summed E-state index contributed by atoms with van der Waals surface area (Å²) in [5.41, 5.74) is 0.603. The largest absolute Gasteiger partial charge is 0.462 e. The molecule has 0 unspecified atom stereocenters. The number of Topliss-reactive ketones (excluding diaryl/α,β-unsaturated/α-hetero) is 1. The van der Waals surface area contributed by atoms with Crippen molar-refractivity contribution in [1.29, 1.82) is 0 Å². The Bertz CT molecular complexity index is 995. The number of carbonyl (C=O) groups excluding carboxylic acids is 4. The lowest BCUT2D eigenvalue weighted by atomic mass is 9.92. The molecule has 8 nitrogen and oxygen atoms in total. The van der Waals surface area contributed by atoms with E-state index in [-0.39, 0.29) is 17.7 Å². The Balaban J connectivity index is 1.90. The number of ether oxygens (including phenoxy) is 1. The van der Waals surface area contributed by atoms with Crippen molar-refractivity contribution in [3.63, 3.8) is 0 Å². The minimum absolute atomic E-state index is 0.132. The summed E-state index contributed by atoms with van der Waals surface area (Å²) in [6, 6.07) is 8.17. The van der Waals surface area contributed by atoms with E-state index in [2.05, 4.69) is 10.3 Å². The van der Waals surface area contributed by atoms with E-state index in [4.69, 9.17) is 4.74 Å². The summed E-state index contributed by atoms with van der Waals surface area (Å²) in [6.45, 7) is 6.28. The number of hydrogen-bond donors (Lipinski definition) is 2. The zero-order chi connectivity index (χ0) is 21.3. The van der Waals surface area contributed by atoms with Crippen molar-refractivity contribution in [2.24, 2.45) is 0 Å². The molecule has 3 amide bonds. The first-order valence-corrected chi connectivity index (χ1v) is 9.29. The number of hydrogen-bond acceptors (Lipinski definition) is 5. The lowest BCUT2D eigenvalue weighted by Crippen LogP contribution is -2.41.